The van der Waals surface area contributed by atoms with Crippen molar-refractivity contribution in [2.24, 2.45) is 5.92 Å². The van der Waals surface area contributed by atoms with Gasteiger partial charge in [-0.2, -0.15) is 0 Å². The van der Waals surface area contributed by atoms with Gasteiger partial charge in [0, 0.05) is 18.0 Å². The molecule has 0 aliphatic rings. The summed E-state index contributed by atoms with van der Waals surface area (Å²) in [5.74, 6) is -0.472. The molecule has 1 aromatic carbocycles. The van der Waals surface area contributed by atoms with E-state index in [4.69, 9.17) is 4.42 Å². The van der Waals surface area contributed by atoms with Gasteiger partial charge in [0.15, 0.2) is 0 Å². The van der Waals surface area contributed by atoms with Gasteiger partial charge in [0.1, 0.15) is 5.82 Å². The quantitative estimate of drug-likeness (QED) is 0.658. The zero-order valence-corrected chi connectivity index (χ0v) is 15.0. The third-order valence-electron chi connectivity index (χ3n) is 3.56. The highest BCUT2D eigenvalue weighted by Crippen LogP contribution is 2.30. The van der Waals surface area contributed by atoms with Gasteiger partial charge in [0.25, 0.3) is 5.22 Å². The second-order valence-corrected chi connectivity index (χ2v) is 6.95. The fourth-order valence-electron chi connectivity index (χ4n) is 2.24. The molecule has 0 aliphatic heterocycles. The Morgan fingerprint density at radius 3 is 2.58 bits per heavy atom. The minimum Gasteiger partial charge on any atom is -0.411 e. The lowest BCUT2D eigenvalue weighted by Gasteiger charge is -2.18. The van der Waals surface area contributed by atoms with Crippen LogP contribution in [0.15, 0.2) is 58.4 Å². The Morgan fingerprint density at radius 1 is 1.15 bits per heavy atom. The number of hydrogen-bond acceptors (Lipinski definition) is 6. The highest BCUT2D eigenvalue weighted by molar-refractivity contribution is 8.00. The van der Waals surface area contributed by atoms with E-state index in [0.717, 1.165) is 17.3 Å². The molecule has 0 saturated heterocycles. The summed E-state index contributed by atoms with van der Waals surface area (Å²) in [6, 6.07) is 9.56. The van der Waals surface area contributed by atoms with Gasteiger partial charge in [-0.05, 0) is 30.2 Å². The first kappa shape index (κ1) is 18.1. The number of benzene rings is 1. The van der Waals surface area contributed by atoms with Crippen LogP contribution in [0.1, 0.15) is 13.8 Å². The van der Waals surface area contributed by atoms with Gasteiger partial charge < -0.3 is 9.73 Å². The molecule has 0 radical (unpaired) electrons. The van der Waals surface area contributed by atoms with Crippen molar-refractivity contribution in [3.05, 3.63) is 54.6 Å². The van der Waals surface area contributed by atoms with Crippen LogP contribution in [-0.4, -0.2) is 26.3 Å². The minimum atomic E-state index is -0.514. The molecule has 2 aromatic heterocycles. The van der Waals surface area contributed by atoms with Crippen molar-refractivity contribution in [2.75, 3.05) is 5.32 Å². The molecular formula is C18H17FN4O2S. The first-order valence-corrected chi connectivity index (χ1v) is 8.88. The summed E-state index contributed by atoms with van der Waals surface area (Å²) in [6.07, 6.45) is 3.26. The first-order chi connectivity index (χ1) is 12.5. The van der Waals surface area contributed by atoms with Crippen molar-refractivity contribution in [1.29, 1.82) is 0 Å². The zero-order chi connectivity index (χ0) is 18.5. The lowest BCUT2D eigenvalue weighted by molar-refractivity contribution is -0.116. The molecule has 134 valence electrons. The number of carbonyl (C=O) groups excluding carboxylic acids is 1. The van der Waals surface area contributed by atoms with E-state index in [9.17, 15) is 9.18 Å². The summed E-state index contributed by atoms with van der Waals surface area (Å²) >= 11 is 1.16. The fourth-order valence-corrected chi connectivity index (χ4v) is 3.11. The molecule has 0 saturated carbocycles. The van der Waals surface area contributed by atoms with Crippen molar-refractivity contribution < 1.29 is 13.6 Å². The van der Waals surface area contributed by atoms with Crippen LogP contribution in [0.2, 0.25) is 0 Å². The molecule has 0 aliphatic carbocycles. The van der Waals surface area contributed by atoms with Crippen LogP contribution in [-0.2, 0) is 4.79 Å². The molecule has 3 aromatic rings. The Labute approximate surface area is 154 Å². The van der Waals surface area contributed by atoms with Gasteiger partial charge >= 0.3 is 0 Å². The summed E-state index contributed by atoms with van der Waals surface area (Å²) < 4.78 is 19.4. The number of hydrogen-bond donors (Lipinski definition) is 1. The molecule has 0 fully saturated rings. The Hall–Kier alpha value is -2.74. The Morgan fingerprint density at radius 2 is 1.88 bits per heavy atom. The van der Waals surface area contributed by atoms with Crippen LogP contribution in [0.25, 0.3) is 11.5 Å². The van der Waals surface area contributed by atoms with Gasteiger partial charge in [-0.15, -0.1) is 10.2 Å². The van der Waals surface area contributed by atoms with E-state index in [1.807, 2.05) is 13.8 Å². The van der Waals surface area contributed by atoms with E-state index in [-0.39, 0.29) is 22.7 Å². The predicted octanol–water partition coefficient (Wildman–Crippen LogP) is 4.03. The number of rotatable bonds is 6. The van der Waals surface area contributed by atoms with Crippen LogP contribution in [0.5, 0.6) is 0 Å². The van der Waals surface area contributed by atoms with Crippen LogP contribution >= 0.6 is 11.8 Å². The van der Waals surface area contributed by atoms with E-state index in [1.165, 1.54) is 12.1 Å². The molecule has 8 heteroatoms. The summed E-state index contributed by atoms with van der Waals surface area (Å²) in [5.41, 5.74) is 0.892. The molecule has 0 bridgehead atoms. The molecule has 1 N–H and O–H groups in total. The molecule has 26 heavy (non-hydrogen) atoms. The number of amides is 1. The second kappa shape index (κ2) is 8.09. The zero-order valence-electron chi connectivity index (χ0n) is 14.2. The highest BCUT2D eigenvalue weighted by atomic mass is 32.2. The normalized spacial score (nSPS) is 12.2. The monoisotopic (exact) mass is 372 g/mol. The van der Waals surface area contributed by atoms with Gasteiger partial charge in [0.2, 0.25) is 11.8 Å². The van der Waals surface area contributed by atoms with E-state index in [0.29, 0.717) is 5.89 Å². The summed E-state index contributed by atoms with van der Waals surface area (Å²) in [5, 5.41) is 10.4. The lowest BCUT2D eigenvalue weighted by Crippen LogP contribution is -2.29. The average molecular weight is 372 g/mol. The molecule has 0 spiro atoms. The van der Waals surface area contributed by atoms with E-state index < -0.39 is 11.1 Å². The summed E-state index contributed by atoms with van der Waals surface area (Å²) in [6.45, 7) is 3.80. The van der Waals surface area contributed by atoms with Crippen LogP contribution in [0.3, 0.4) is 0 Å². The van der Waals surface area contributed by atoms with E-state index in [1.54, 1.807) is 36.7 Å². The molecule has 1 amide bonds. The smallest absolute Gasteiger partial charge is 0.277 e. The summed E-state index contributed by atoms with van der Waals surface area (Å²) in [7, 11) is 0. The van der Waals surface area contributed by atoms with Crippen molar-refractivity contribution in [3.8, 4) is 11.5 Å². The molecule has 1 unspecified atom stereocenters. The number of nitrogens with zero attached hydrogens (tertiary/aromatic N) is 3. The Balaban J connectivity index is 1.74. The maximum absolute atomic E-state index is 13.8. The van der Waals surface area contributed by atoms with Crippen molar-refractivity contribution in [2.45, 2.75) is 24.3 Å². The molecular weight excluding hydrogens is 355 g/mol. The van der Waals surface area contributed by atoms with E-state index >= 15 is 0 Å². The maximum atomic E-state index is 13.8. The topological polar surface area (TPSA) is 80.9 Å². The number of carbonyl (C=O) groups is 1. The second-order valence-electron chi connectivity index (χ2n) is 5.86. The Bertz CT molecular complexity index is 886. The van der Waals surface area contributed by atoms with Crippen LogP contribution < -0.4 is 5.32 Å². The lowest BCUT2D eigenvalue weighted by atomic mass is 10.1. The standard InChI is InChI=1S/C18H17FN4O2S/c1-11(2)15(16(24)21-14-6-4-3-5-13(14)19)26-18-23-22-17(25-18)12-7-9-20-10-8-12/h3-11,15H,1-2H3,(H,21,24). The highest BCUT2D eigenvalue weighted by Gasteiger charge is 2.27. The number of thioether (sulfide) groups is 1. The molecule has 3 rings (SSSR count). The third-order valence-corrected chi connectivity index (χ3v) is 4.94. The van der Waals surface area contributed by atoms with Crippen molar-refractivity contribution >= 4 is 23.4 Å². The van der Waals surface area contributed by atoms with Gasteiger partial charge in [-0.1, -0.05) is 37.7 Å². The van der Waals surface area contributed by atoms with Crippen molar-refractivity contribution in [1.82, 2.24) is 15.2 Å². The van der Waals surface area contributed by atoms with Gasteiger partial charge in [0.05, 0.1) is 10.9 Å². The average Bonchev–Trinajstić information content (AvgIpc) is 3.11. The minimum absolute atomic E-state index is 0.0250. The predicted molar refractivity (Wildman–Crippen MR) is 97.0 cm³/mol. The molecule has 6 nitrogen and oxygen atoms in total. The van der Waals surface area contributed by atoms with Crippen LogP contribution in [0, 0.1) is 11.7 Å². The fraction of sp³-hybridized carbons (Fsp3) is 0.222. The van der Waals surface area contributed by atoms with Gasteiger partial charge in [-0.3, -0.25) is 9.78 Å². The third kappa shape index (κ3) is 4.26. The number of para-hydroxylation sites is 1. The van der Waals surface area contributed by atoms with E-state index in [2.05, 4.69) is 20.5 Å². The maximum Gasteiger partial charge on any atom is 0.277 e. The number of aromatic nitrogens is 3. The van der Waals surface area contributed by atoms with Crippen LogP contribution in [0.4, 0.5) is 10.1 Å². The number of halogens is 1. The SMILES string of the molecule is CC(C)C(Sc1nnc(-c2ccncc2)o1)C(=O)Nc1ccccc1F. The molecule has 1 atom stereocenters. The van der Waals surface area contributed by atoms with Gasteiger partial charge in [-0.25, -0.2) is 4.39 Å². The Kier molecular flexibility index (Phi) is 5.62. The number of anilines is 1. The largest absolute Gasteiger partial charge is 0.411 e. The number of pyridine rings is 1. The van der Waals surface area contributed by atoms with Crippen molar-refractivity contribution in [3.63, 3.8) is 0 Å². The summed E-state index contributed by atoms with van der Waals surface area (Å²) in [4.78, 5) is 16.5. The molecule has 2 heterocycles. The first-order valence-electron chi connectivity index (χ1n) is 8.00. The number of nitrogens with one attached hydrogen (secondary N) is 1.